The fourth-order valence-electron chi connectivity index (χ4n) is 1.35. The Morgan fingerprint density at radius 3 is 2.69 bits per heavy atom. The molecule has 66 valence electrons. The van der Waals surface area contributed by atoms with Crippen LogP contribution in [0.4, 0.5) is 0 Å². The van der Waals surface area contributed by atoms with Gasteiger partial charge >= 0.3 is 0 Å². The van der Waals surface area contributed by atoms with E-state index in [-0.39, 0.29) is 11.5 Å². The molecule has 2 N–H and O–H groups in total. The largest absolute Gasteiger partial charge is 0.504 e. The van der Waals surface area contributed by atoms with E-state index in [4.69, 9.17) is 0 Å². The number of aromatic nitrogens is 1. The van der Waals surface area contributed by atoms with Gasteiger partial charge in [-0.1, -0.05) is 0 Å². The molecule has 0 unspecified atom stereocenters. The lowest BCUT2D eigenvalue weighted by Crippen LogP contribution is -2.25. The summed E-state index contributed by atoms with van der Waals surface area (Å²) in [5.41, 5.74) is 0. The van der Waals surface area contributed by atoms with Gasteiger partial charge in [0.15, 0.2) is 23.9 Å². The first kappa shape index (κ1) is 7.86. The van der Waals surface area contributed by atoms with Crippen LogP contribution in [0, 0.1) is 0 Å². The highest BCUT2D eigenvalue weighted by molar-refractivity contribution is 5.88. The Balaban J connectivity index is 2.87. The van der Waals surface area contributed by atoms with Crippen LogP contribution >= 0.6 is 0 Å². The van der Waals surface area contributed by atoms with Crippen LogP contribution in [0.5, 0.6) is 11.5 Å². The summed E-state index contributed by atoms with van der Waals surface area (Å²) in [6.07, 6.45) is 3.70. The number of phenolic OH excluding ortho intramolecular Hbond substituents is 2. The van der Waals surface area contributed by atoms with Gasteiger partial charge in [-0.2, -0.15) is 0 Å². The fourth-order valence-corrected chi connectivity index (χ4v) is 1.35. The van der Waals surface area contributed by atoms with Crippen LogP contribution in [-0.4, -0.2) is 10.2 Å². The number of aryl methyl sites for hydroxylation is 1. The van der Waals surface area contributed by atoms with Crippen LogP contribution in [0.2, 0.25) is 0 Å². The summed E-state index contributed by atoms with van der Waals surface area (Å²) in [4.78, 5) is 0. The second-order valence-corrected chi connectivity index (χ2v) is 3.05. The Morgan fingerprint density at radius 1 is 1.15 bits per heavy atom. The molecular weight excluding hydrogens is 166 g/mol. The van der Waals surface area contributed by atoms with Gasteiger partial charge in [0.1, 0.15) is 7.05 Å². The van der Waals surface area contributed by atoms with E-state index in [1.807, 2.05) is 24.0 Å². The van der Waals surface area contributed by atoms with Crippen LogP contribution in [0.15, 0.2) is 30.6 Å². The monoisotopic (exact) mass is 176 g/mol. The van der Waals surface area contributed by atoms with Crippen molar-refractivity contribution in [3.05, 3.63) is 30.6 Å². The summed E-state index contributed by atoms with van der Waals surface area (Å²) in [5.74, 6) is -0.139. The molecule has 0 saturated carbocycles. The molecule has 0 fully saturated rings. The minimum Gasteiger partial charge on any atom is -0.504 e. The van der Waals surface area contributed by atoms with Gasteiger partial charge in [0.25, 0.3) is 0 Å². The molecule has 0 spiro atoms. The van der Waals surface area contributed by atoms with Crippen molar-refractivity contribution in [2.45, 2.75) is 0 Å². The summed E-state index contributed by atoms with van der Waals surface area (Å²) < 4.78 is 1.89. The average molecular weight is 176 g/mol. The lowest BCUT2D eigenvalue weighted by Gasteiger charge is -2.00. The van der Waals surface area contributed by atoms with E-state index in [1.54, 1.807) is 12.1 Å². The van der Waals surface area contributed by atoms with Gasteiger partial charge in [0.2, 0.25) is 0 Å². The fraction of sp³-hybridized carbons (Fsp3) is 0.100. The van der Waals surface area contributed by atoms with Crippen molar-refractivity contribution in [2.75, 3.05) is 0 Å². The Bertz CT molecular complexity index is 466. The average Bonchev–Trinajstić information content (AvgIpc) is 2.12. The zero-order valence-electron chi connectivity index (χ0n) is 7.23. The third-order valence-corrected chi connectivity index (χ3v) is 2.05. The Hall–Kier alpha value is -1.77. The van der Waals surface area contributed by atoms with Gasteiger partial charge in [-0.3, -0.25) is 0 Å². The topological polar surface area (TPSA) is 44.3 Å². The maximum Gasteiger partial charge on any atom is 0.176 e. The van der Waals surface area contributed by atoms with Crippen LogP contribution in [-0.2, 0) is 7.05 Å². The van der Waals surface area contributed by atoms with Crippen LogP contribution in [0.25, 0.3) is 10.8 Å². The molecular formula is C10H10NO2+. The number of hydrogen-bond acceptors (Lipinski definition) is 2. The molecule has 0 aliphatic carbocycles. The molecule has 0 amide bonds. The van der Waals surface area contributed by atoms with Crippen LogP contribution < -0.4 is 4.57 Å². The molecule has 0 atom stereocenters. The van der Waals surface area contributed by atoms with Crippen molar-refractivity contribution in [3.8, 4) is 11.5 Å². The molecule has 1 aromatic heterocycles. The van der Waals surface area contributed by atoms with Crippen LogP contribution in [0.3, 0.4) is 0 Å². The van der Waals surface area contributed by atoms with Gasteiger partial charge in [-0.05, 0) is 12.1 Å². The highest BCUT2D eigenvalue weighted by Gasteiger charge is 2.06. The standard InChI is InChI=1S/C10H9NO2/c1-11-5-4-8-7(6-11)2-3-9(12)10(8)13/h2-6,13H,1H3/p+1. The smallest absolute Gasteiger partial charge is 0.176 e. The Kier molecular flexibility index (Phi) is 1.59. The minimum atomic E-state index is -0.0821. The molecule has 0 aliphatic rings. The predicted molar refractivity (Wildman–Crippen MR) is 48.5 cm³/mol. The van der Waals surface area contributed by atoms with E-state index in [1.165, 1.54) is 6.07 Å². The van der Waals surface area contributed by atoms with E-state index in [2.05, 4.69) is 0 Å². The van der Waals surface area contributed by atoms with Crippen LogP contribution in [0.1, 0.15) is 0 Å². The lowest BCUT2D eigenvalue weighted by atomic mass is 10.1. The highest BCUT2D eigenvalue weighted by atomic mass is 16.3. The molecule has 0 saturated heterocycles. The number of aromatic hydroxyl groups is 2. The number of benzene rings is 1. The first-order valence-corrected chi connectivity index (χ1v) is 3.98. The molecule has 0 aliphatic heterocycles. The molecule has 2 rings (SSSR count). The van der Waals surface area contributed by atoms with E-state index in [0.29, 0.717) is 5.39 Å². The number of nitrogens with zero attached hydrogens (tertiary/aromatic N) is 1. The summed E-state index contributed by atoms with van der Waals surface area (Å²) in [6, 6.07) is 5.02. The number of hydrogen-bond donors (Lipinski definition) is 2. The first-order valence-electron chi connectivity index (χ1n) is 3.98. The number of pyridine rings is 1. The van der Waals surface area contributed by atoms with E-state index in [9.17, 15) is 10.2 Å². The summed E-state index contributed by atoms with van der Waals surface area (Å²) in [7, 11) is 1.91. The van der Waals surface area contributed by atoms with Crippen molar-refractivity contribution in [1.82, 2.24) is 0 Å². The summed E-state index contributed by atoms with van der Waals surface area (Å²) in [5, 5.41) is 20.3. The maximum atomic E-state index is 9.49. The molecule has 1 heterocycles. The lowest BCUT2D eigenvalue weighted by molar-refractivity contribution is -0.670. The van der Waals surface area contributed by atoms with Crippen molar-refractivity contribution < 1.29 is 14.8 Å². The van der Waals surface area contributed by atoms with Crippen molar-refractivity contribution in [1.29, 1.82) is 0 Å². The molecule has 1 aromatic carbocycles. The molecule has 2 aromatic rings. The molecule has 13 heavy (non-hydrogen) atoms. The van der Waals surface area contributed by atoms with E-state index in [0.717, 1.165) is 5.39 Å². The van der Waals surface area contributed by atoms with E-state index < -0.39 is 0 Å². The Morgan fingerprint density at radius 2 is 1.92 bits per heavy atom. The number of fused-ring (bicyclic) bond motifs is 1. The van der Waals surface area contributed by atoms with Crippen molar-refractivity contribution >= 4 is 10.8 Å². The normalized spacial score (nSPS) is 10.5. The Labute approximate surface area is 75.5 Å². The second-order valence-electron chi connectivity index (χ2n) is 3.05. The molecule has 3 nitrogen and oxygen atoms in total. The second kappa shape index (κ2) is 2.62. The zero-order chi connectivity index (χ0) is 9.42. The van der Waals surface area contributed by atoms with Crippen molar-refractivity contribution in [2.24, 2.45) is 7.05 Å². The SMILES string of the molecule is C[n+]1ccc2c(O)c(O)ccc2c1. The van der Waals surface area contributed by atoms with Gasteiger partial charge < -0.3 is 10.2 Å². The summed E-state index contributed by atoms with van der Waals surface area (Å²) in [6.45, 7) is 0. The maximum absolute atomic E-state index is 9.49. The minimum absolute atomic E-state index is 0.0573. The quantitative estimate of drug-likeness (QED) is 0.466. The molecule has 0 radical (unpaired) electrons. The van der Waals surface area contributed by atoms with E-state index >= 15 is 0 Å². The third kappa shape index (κ3) is 1.18. The van der Waals surface area contributed by atoms with Gasteiger partial charge in [-0.25, -0.2) is 4.57 Å². The number of phenols is 2. The van der Waals surface area contributed by atoms with Gasteiger partial charge in [0.05, 0.1) is 0 Å². The number of rotatable bonds is 0. The zero-order valence-corrected chi connectivity index (χ0v) is 7.23. The summed E-state index contributed by atoms with van der Waals surface area (Å²) >= 11 is 0. The third-order valence-electron chi connectivity index (χ3n) is 2.05. The van der Waals surface area contributed by atoms with Crippen molar-refractivity contribution in [3.63, 3.8) is 0 Å². The highest BCUT2D eigenvalue weighted by Crippen LogP contribution is 2.32. The van der Waals surface area contributed by atoms with Gasteiger partial charge in [0, 0.05) is 16.8 Å². The predicted octanol–water partition coefficient (Wildman–Crippen LogP) is 1.08. The molecule has 3 heteroatoms. The van der Waals surface area contributed by atoms with Gasteiger partial charge in [-0.15, -0.1) is 0 Å². The first-order chi connectivity index (χ1) is 6.18. The molecule has 0 bridgehead atoms.